The lowest BCUT2D eigenvalue weighted by Crippen LogP contribution is -2.38. The summed E-state index contributed by atoms with van der Waals surface area (Å²) in [5, 5.41) is 5.37. The summed E-state index contributed by atoms with van der Waals surface area (Å²) in [5.41, 5.74) is 2.79. The van der Waals surface area contributed by atoms with Crippen LogP contribution in [0.25, 0.3) is 10.9 Å². The molecule has 2 heterocycles. The van der Waals surface area contributed by atoms with E-state index < -0.39 is 11.9 Å². The SMILES string of the molecule is COC(=O)C1=C(C(=O)OC)N(c2ccc3nn(C)c(C)c3c2)COC1. The highest BCUT2D eigenvalue weighted by molar-refractivity contribution is 6.03. The van der Waals surface area contributed by atoms with Crippen LogP contribution in [0, 0.1) is 6.92 Å². The molecule has 0 N–H and O–H groups in total. The van der Waals surface area contributed by atoms with E-state index in [2.05, 4.69) is 5.10 Å². The normalized spacial score (nSPS) is 14.8. The van der Waals surface area contributed by atoms with Crippen LogP contribution in [0.3, 0.4) is 0 Å². The van der Waals surface area contributed by atoms with Gasteiger partial charge in [-0.15, -0.1) is 0 Å². The van der Waals surface area contributed by atoms with Gasteiger partial charge in [0.2, 0.25) is 0 Å². The van der Waals surface area contributed by atoms with Crippen molar-refractivity contribution in [3.8, 4) is 0 Å². The fourth-order valence-electron chi connectivity index (χ4n) is 2.83. The zero-order valence-electron chi connectivity index (χ0n) is 14.5. The molecule has 0 saturated heterocycles. The van der Waals surface area contributed by atoms with Gasteiger partial charge >= 0.3 is 11.9 Å². The number of methoxy groups -OCH3 is 2. The molecule has 3 rings (SSSR count). The Hall–Kier alpha value is -2.87. The minimum atomic E-state index is -0.622. The van der Waals surface area contributed by atoms with Crippen molar-refractivity contribution >= 4 is 28.5 Å². The fraction of sp³-hybridized carbons (Fsp3) is 0.353. The number of hydrogen-bond acceptors (Lipinski definition) is 7. The second-order valence-electron chi connectivity index (χ2n) is 5.63. The molecule has 8 nitrogen and oxygen atoms in total. The van der Waals surface area contributed by atoms with Crippen LogP contribution in [0.4, 0.5) is 5.69 Å². The Labute approximate surface area is 144 Å². The molecule has 0 unspecified atom stereocenters. The van der Waals surface area contributed by atoms with Gasteiger partial charge in [-0.05, 0) is 25.1 Å². The summed E-state index contributed by atoms with van der Waals surface area (Å²) < 4.78 is 16.9. The van der Waals surface area contributed by atoms with E-state index in [0.29, 0.717) is 5.69 Å². The van der Waals surface area contributed by atoms with Crippen LogP contribution >= 0.6 is 0 Å². The minimum absolute atomic E-state index is 0.0121. The van der Waals surface area contributed by atoms with Gasteiger partial charge in [0.1, 0.15) is 12.4 Å². The predicted molar refractivity (Wildman–Crippen MR) is 89.8 cm³/mol. The Morgan fingerprint density at radius 2 is 1.92 bits per heavy atom. The molecule has 0 aliphatic carbocycles. The maximum atomic E-state index is 12.3. The Kier molecular flexibility index (Phi) is 4.45. The number of rotatable bonds is 3. The van der Waals surface area contributed by atoms with Crippen molar-refractivity contribution in [1.29, 1.82) is 0 Å². The van der Waals surface area contributed by atoms with Gasteiger partial charge in [-0.3, -0.25) is 4.68 Å². The highest BCUT2D eigenvalue weighted by atomic mass is 16.5. The van der Waals surface area contributed by atoms with Gasteiger partial charge in [-0.25, -0.2) is 9.59 Å². The van der Waals surface area contributed by atoms with E-state index in [4.69, 9.17) is 14.2 Å². The molecule has 1 aliphatic heterocycles. The smallest absolute Gasteiger partial charge is 0.355 e. The van der Waals surface area contributed by atoms with Crippen LogP contribution in [0.2, 0.25) is 0 Å². The third-order valence-electron chi connectivity index (χ3n) is 4.26. The number of carbonyl (C=O) groups is 2. The molecule has 0 spiro atoms. The van der Waals surface area contributed by atoms with Crippen molar-refractivity contribution in [3.63, 3.8) is 0 Å². The first-order valence-corrected chi connectivity index (χ1v) is 7.66. The topological polar surface area (TPSA) is 82.9 Å². The standard InChI is InChI=1S/C17H19N3O5/c1-10-12-7-11(5-6-14(12)18-19(10)2)20-9-25-8-13(16(21)23-3)15(20)17(22)24-4/h5-7H,8-9H2,1-4H3. The van der Waals surface area contributed by atoms with Gasteiger partial charge in [0, 0.05) is 23.8 Å². The van der Waals surface area contributed by atoms with Crippen molar-refractivity contribution in [3.05, 3.63) is 35.2 Å². The van der Waals surface area contributed by atoms with E-state index in [1.165, 1.54) is 14.2 Å². The largest absolute Gasteiger partial charge is 0.466 e. The first-order valence-electron chi connectivity index (χ1n) is 7.66. The first-order chi connectivity index (χ1) is 12.0. The number of aromatic nitrogens is 2. The van der Waals surface area contributed by atoms with Crippen LogP contribution in [-0.2, 0) is 30.8 Å². The van der Waals surface area contributed by atoms with Crippen molar-refractivity contribution in [1.82, 2.24) is 9.78 Å². The number of fused-ring (bicyclic) bond motifs is 1. The molecule has 0 amide bonds. The number of carbonyl (C=O) groups excluding carboxylic acids is 2. The predicted octanol–water partition coefficient (Wildman–Crippen LogP) is 1.28. The number of ether oxygens (including phenoxy) is 3. The summed E-state index contributed by atoms with van der Waals surface area (Å²) in [6.45, 7) is 2.07. The lowest BCUT2D eigenvalue weighted by Gasteiger charge is -2.31. The van der Waals surface area contributed by atoms with Crippen molar-refractivity contribution < 1.29 is 23.8 Å². The molecule has 0 radical (unpaired) electrons. The Bertz CT molecular complexity index is 884. The molecule has 0 fully saturated rings. The number of esters is 2. The lowest BCUT2D eigenvalue weighted by atomic mass is 10.1. The zero-order chi connectivity index (χ0) is 18.1. The highest BCUT2D eigenvalue weighted by Crippen LogP contribution is 2.30. The van der Waals surface area contributed by atoms with Crippen molar-refractivity contribution in [2.75, 3.05) is 32.5 Å². The van der Waals surface area contributed by atoms with Crippen molar-refractivity contribution in [2.45, 2.75) is 6.92 Å². The van der Waals surface area contributed by atoms with Gasteiger partial charge in [-0.2, -0.15) is 5.10 Å². The molecule has 0 bridgehead atoms. The number of nitrogens with zero attached hydrogens (tertiary/aromatic N) is 3. The maximum Gasteiger partial charge on any atom is 0.355 e. The van der Waals surface area contributed by atoms with Crippen LogP contribution in [0.1, 0.15) is 5.69 Å². The summed E-state index contributed by atoms with van der Waals surface area (Å²) in [5.74, 6) is -1.24. The van der Waals surface area contributed by atoms with E-state index in [9.17, 15) is 9.59 Å². The third-order valence-corrected chi connectivity index (χ3v) is 4.26. The van der Waals surface area contributed by atoms with Gasteiger partial charge in [0.15, 0.2) is 0 Å². The summed E-state index contributed by atoms with van der Waals surface area (Å²) >= 11 is 0. The van der Waals surface area contributed by atoms with E-state index >= 15 is 0 Å². The molecule has 8 heteroatoms. The second-order valence-corrected chi connectivity index (χ2v) is 5.63. The monoisotopic (exact) mass is 345 g/mol. The summed E-state index contributed by atoms with van der Waals surface area (Å²) in [4.78, 5) is 26.0. The maximum absolute atomic E-state index is 12.3. The number of benzene rings is 1. The van der Waals surface area contributed by atoms with Crippen molar-refractivity contribution in [2.24, 2.45) is 7.05 Å². The quantitative estimate of drug-likeness (QED) is 0.775. The summed E-state index contributed by atoms with van der Waals surface area (Å²) in [6.07, 6.45) is 0. The molecule has 1 aliphatic rings. The summed E-state index contributed by atoms with van der Waals surface area (Å²) in [6, 6.07) is 5.59. The first kappa shape index (κ1) is 17.0. The Balaban J connectivity index is 2.15. The third kappa shape index (κ3) is 2.85. The minimum Gasteiger partial charge on any atom is -0.466 e. The van der Waals surface area contributed by atoms with Crippen LogP contribution < -0.4 is 4.90 Å². The Morgan fingerprint density at radius 3 is 2.60 bits per heavy atom. The molecule has 0 saturated carbocycles. The number of hydrogen-bond donors (Lipinski definition) is 0. The zero-order valence-corrected chi connectivity index (χ0v) is 14.5. The van der Waals surface area contributed by atoms with E-state index in [1.54, 1.807) is 9.58 Å². The van der Waals surface area contributed by atoms with Crippen LogP contribution in [0.15, 0.2) is 29.5 Å². The van der Waals surface area contributed by atoms with E-state index in [0.717, 1.165) is 16.6 Å². The molecular weight excluding hydrogens is 326 g/mol. The summed E-state index contributed by atoms with van der Waals surface area (Å²) in [7, 11) is 4.40. The lowest BCUT2D eigenvalue weighted by molar-refractivity contribution is -0.140. The highest BCUT2D eigenvalue weighted by Gasteiger charge is 2.32. The molecule has 0 atom stereocenters. The molecule has 1 aromatic heterocycles. The molecule has 1 aromatic carbocycles. The van der Waals surface area contributed by atoms with E-state index in [-0.39, 0.29) is 24.6 Å². The average molecular weight is 345 g/mol. The van der Waals surface area contributed by atoms with Gasteiger partial charge in [0.25, 0.3) is 0 Å². The number of aryl methyl sites for hydroxylation is 2. The average Bonchev–Trinajstić information content (AvgIpc) is 2.93. The van der Waals surface area contributed by atoms with Gasteiger partial charge in [0.05, 0.1) is 31.9 Å². The van der Waals surface area contributed by atoms with E-state index in [1.807, 2.05) is 32.2 Å². The molecule has 2 aromatic rings. The second kappa shape index (κ2) is 6.56. The molecular formula is C17H19N3O5. The van der Waals surface area contributed by atoms with Crippen LogP contribution in [-0.4, -0.2) is 49.3 Å². The van der Waals surface area contributed by atoms with Gasteiger partial charge in [-0.1, -0.05) is 0 Å². The van der Waals surface area contributed by atoms with Gasteiger partial charge < -0.3 is 19.1 Å². The fourth-order valence-corrected chi connectivity index (χ4v) is 2.83. The Morgan fingerprint density at radius 1 is 1.20 bits per heavy atom. The number of anilines is 1. The molecule has 25 heavy (non-hydrogen) atoms. The molecule has 132 valence electrons. The van der Waals surface area contributed by atoms with Crippen LogP contribution in [0.5, 0.6) is 0 Å².